The standard InChI is InChI=1S/C14H20N2O3/c1-2-13-10(6-7-19-13)8-15-9-11-4-3-5-12(16-11)14(17)18/h3-5,10,13,15H,2,6-9H2,1H3,(H,17,18). The lowest BCUT2D eigenvalue weighted by Crippen LogP contribution is -2.28. The number of hydrogen-bond donors (Lipinski definition) is 2. The molecule has 104 valence electrons. The lowest BCUT2D eigenvalue weighted by molar-refractivity contribution is 0.0690. The van der Waals surface area contributed by atoms with Crippen molar-refractivity contribution in [3.8, 4) is 0 Å². The third kappa shape index (κ3) is 3.75. The number of nitrogens with zero attached hydrogens (tertiary/aromatic N) is 1. The van der Waals surface area contributed by atoms with Crippen LogP contribution in [0.25, 0.3) is 0 Å². The Morgan fingerprint density at radius 1 is 1.58 bits per heavy atom. The lowest BCUT2D eigenvalue weighted by Gasteiger charge is -2.17. The van der Waals surface area contributed by atoms with Gasteiger partial charge in [0.2, 0.25) is 0 Å². The smallest absolute Gasteiger partial charge is 0.354 e. The molecular formula is C14H20N2O3. The van der Waals surface area contributed by atoms with E-state index in [2.05, 4.69) is 17.2 Å². The van der Waals surface area contributed by atoms with Gasteiger partial charge < -0.3 is 15.2 Å². The van der Waals surface area contributed by atoms with Gasteiger partial charge in [-0.25, -0.2) is 9.78 Å². The van der Waals surface area contributed by atoms with Gasteiger partial charge in [-0.15, -0.1) is 0 Å². The van der Waals surface area contributed by atoms with E-state index in [0.717, 1.165) is 31.7 Å². The molecule has 1 saturated heterocycles. The normalized spacial score (nSPS) is 22.6. The summed E-state index contributed by atoms with van der Waals surface area (Å²) in [4.78, 5) is 14.9. The van der Waals surface area contributed by atoms with E-state index < -0.39 is 5.97 Å². The molecule has 0 bridgehead atoms. The van der Waals surface area contributed by atoms with Gasteiger partial charge in [0.15, 0.2) is 0 Å². The number of hydrogen-bond acceptors (Lipinski definition) is 4. The molecule has 2 rings (SSSR count). The molecule has 1 aliphatic heterocycles. The van der Waals surface area contributed by atoms with E-state index in [1.165, 1.54) is 6.07 Å². The number of carboxylic acid groups (broad SMARTS) is 1. The van der Waals surface area contributed by atoms with Crippen molar-refractivity contribution in [2.24, 2.45) is 5.92 Å². The summed E-state index contributed by atoms with van der Waals surface area (Å²) in [6.45, 7) is 4.46. The molecule has 5 heteroatoms. The van der Waals surface area contributed by atoms with Gasteiger partial charge in [0.05, 0.1) is 11.8 Å². The molecular weight excluding hydrogens is 244 g/mol. The molecule has 2 N–H and O–H groups in total. The maximum atomic E-state index is 10.8. The first-order valence-corrected chi connectivity index (χ1v) is 6.72. The predicted molar refractivity (Wildman–Crippen MR) is 71.0 cm³/mol. The molecule has 0 spiro atoms. The number of aromatic carboxylic acids is 1. The van der Waals surface area contributed by atoms with Crippen LogP contribution < -0.4 is 5.32 Å². The molecule has 0 amide bonds. The van der Waals surface area contributed by atoms with Crippen molar-refractivity contribution in [3.05, 3.63) is 29.6 Å². The summed E-state index contributed by atoms with van der Waals surface area (Å²) in [7, 11) is 0. The first kappa shape index (κ1) is 14.0. The van der Waals surface area contributed by atoms with Crippen LogP contribution in [0.4, 0.5) is 0 Å². The summed E-state index contributed by atoms with van der Waals surface area (Å²) >= 11 is 0. The zero-order valence-corrected chi connectivity index (χ0v) is 11.1. The fraction of sp³-hybridized carbons (Fsp3) is 0.571. The van der Waals surface area contributed by atoms with E-state index in [0.29, 0.717) is 18.6 Å². The summed E-state index contributed by atoms with van der Waals surface area (Å²) in [5.74, 6) is -0.440. The second-order valence-electron chi connectivity index (χ2n) is 4.82. The Labute approximate surface area is 113 Å². The summed E-state index contributed by atoms with van der Waals surface area (Å²) in [6.07, 6.45) is 2.48. The Balaban J connectivity index is 1.82. The van der Waals surface area contributed by atoms with Crippen molar-refractivity contribution in [2.45, 2.75) is 32.4 Å². The predicted octanol–water partition coefficient (Wildman–Crippen LogP) is 1.68. The number of nitrogens with one attached hydrogen (secondary N) is 1. The highest BCUT2D eigenvalue weighted by atomic mass is 16.5. The van der Waals surface area contributed by atoms with Crippen molar-refractivity contribution in [2.75, 3.05) is 13.2 Å². The summed E-state index contributed by atoms with van der Waals surface area (Å²) in [5, 5.41) is 12.2. The average molecular weight is 264 g/mol. The Morgan fingerprint density at radius 3 is 3.16 bits per heavy atom. The monoisotopic (exact) mass is 264 g/mol. The Bertz CT molecular complexity index is 436. The minimum absolute atomic E-state index is 0.0925. The van der Waals surface area contributed by atoms with Gasteiger partial charge >= 0.3 is 5.97 Å². The van der Waals surface area contributed by atoms with Crippen LogP contribution in [0, 0.1) is 5.92 Å². The van der Waals surface area contributed by atoms with Crippen LogP contribution in [0.15, 0.2) is 18.2 Å². The number of rotatable bonds is 6. The maximum absolute atomic E-state index is 10.8. The highest BCUT2D eigenvalue weighted by Gasteiger charge is 2.25. The third-order valence-electron chi connectivity index (χ3n) is 3.49. The van der Waals surface area contributed by atoms with Gasteiger partial charge in [-0.2, -0.15) is 0 Å². The van der Waals surface area contributed by atoms with Gasteiger partial charge in [0, 0.05) is 19.7 Å². The van der Waals surface area contributed by atoms with Crippen molar-refractivity contribution in [1.82, 2.24) is 10.3 Å². The number of carbonyl (C=O) groups is 1. The number of pyridine rings is 1. The molecule has 0 aromatic carbocycles. The SMILES string of the molecule is CCC1OCCC1CNCc1cccc(C(=O)O)n1. The van der Waals surface area contributed by atoms with Gasteiger partial charge in [-0.1, -0.05) is 13.0 Å². The molecule has 1 aliphatic rings. The van der Waals surface area contributed by atoms with Crippen LogP contribution in [-0.4, -0.2) is 35.3 Å². The summed E-state index contributed by atoms with van der Waals surface area (Å²) in [6, 6.07) is 5.06. The van der Waals surface area contributed by atoms with Crippen molar-refractivity contribution < 1.29 is 14.6 Å². The number of aromatic nitrogens is 1. The van der Waals surface area contributed by atoms with Crippen molar-refractivity contribution in [1.29, 1.82) is 0 Å². The van der Waals surface area contributed by atoms with Crippen LogP contribution in [0.1, 0.15) is 35.9 Å². The molecule has 0 radical (unpaired) electrons. The zero-order chi connectivity index (χ0) is 13.7. The molecule has 2 heterocycles. The highest BCUT2D eigenvalue weighted by Crippen LogP contribution is 2.22. The largest absolute Gasteiger partial charge is 0.477 e. The van der Waals surface area contributed by atoms with Crippen LogP contribution in [-0.2, 0) is 11.3 Å². The van der Waals surface area contributed by atoms with E-state index >= 15 is 0 Å². The number of carboxylic acids is 1. The second kappa shape index (κ2) is 6.63. The first-order chi connectivity index (χ1) is 9.20. The molecule has 5 nitrogen and oxygen atoms in total. The van der Waals surface area contributed by atoms with Crippen LogP contribution in [0.5, 0.6) is 0 Å². The maximum Gasteiger partial charge on any atom is 0.354 e. The van der Waals surface area contributed by atoms with E-state index in [1.54, 1.807) is 6.07 Å². The minimum Gasteiger partial charge on any atom is -0.477 e. The molecule has 0 saturated carbocycles. The van der Waals surface area contributed by atoms with Crippen molar-refractivity contribution in [3.63, 3.8) is 0 Å². The van der Waals surface area contributed by atoms with E-state index in [9.17, 15) is 4.79 Å². The molecule has 2 unspecified atom stereocenters. The zero-order valence-electron chi connectivity index (χ0n) is 11.1. The van der Waals surface area contributed by atoms with E-state index in [4.69, 9.17) is 9.84 Å². The summed E-state index contributed by atoms with van der Waals surface area (Å²) < 4.78 is 5.63. The number of ether oxygens (including phenoxy) is 1. The van der Waals surface area contributed by atoms with Gasteiger partial charge in [0.25, 0.3) is 0 Å². The quantitative estimate of drug-likeness (QED) is 0.818. The Kier molecular flexibility index (Phi) is 4.87. The van der Waals surface area contributed by atoms with E-state index in [-0.39, 0.29) is 5.69 Å². The van der Waals surface area contributed by atoms with Gasteiger partial charge in [-0.3, -0.25) is 0 Å². The summed E-state index contributed by atoms with van der Waals surface area (Å²) in [5.41, 5.74) is 0.849. The van der Waals surface area contributed by atoms with Crippen molar-refractivity contribution >= 4 is 5.97 Å². The van der Waals surface area contributed by atoms with Crippen LogP contribution in [0.2, 0.25) is 0 Å². The first-order valence-electron chi connectivity index (χ1n) is 6.72. The highest BCUT2D eigenvalue weighted by molar-refractivity contribution is 5.85. The van der Waals surface area contributed by atoms with Crippen LogP contribution in [0.3, 0.4) is 0 Å². The average Bonchev–Trinajstić information content (AvgIpc) is 2.86. The van der Waals surface area contributed by atoms with Crippen LogP contribution >= 0.6 is 0 Å². The molecule has 2 atom stereocenters. The Hall–Kier alpha value is -1.46. The topological polar surface area (TPSA) is 71.5 Å². The minimum atomic E-state index is -0.989. The van der Waals surface area contributed by atoms with E-state index in [1.807, 2.05) is 6.07 Å². The second-order valence-corrected chi connectivity index (χ2v) is 4.82. The fourth-order valence-corrected chi connectivity index (χ4v) is 2.46. The lowest BCUT2D eigenvalue weighted by atomic mass is 10.00. The fourth-order valence-electron chi connectivity index (χ4n) is 2.46. The Morgan fingerprint density at radius 2 is 2.42 bits per heavy atom. The van der Waals surface area contributed by atoms with Gasteiger partial charge in [-0.05, 0) is 30.9 Å². The molecule has 1 fully saturated rings. The third-order valence-corrected chi connectivity index (χ3v) is 3.49. The molecule has 19 heavy (non-hydrogen) atoms. The molecule has 0 aliphatic carbocycles. The van der Waals surface area contributed by atoms with Gasteiger partial charge in [0.1, 0.15) is 5.69 Å². The molecule has 1 aromatic heterocycles. The molecule has 1 aromatic rings.